The number of carbonyl (C=O) groups is 2. The summed E-state index contributed by atoms with van der Waals surface area (Å²) in [5.74, 6) is -0.105. The Morgan fingerprint density at radius 2 is 1.04 bits per heavy atom. The second-order valence-corrected chi connectivity index (χ2v) is 7.78. The lowest BCUT2D eigenvalue weighted by Gasteiger charge is -2.25. The van der Waals surface area contributed by atoms with Crippen molar-refractivity contribution >= 4 is 68.9 Å². The van der Waals surface area contributed by atoms with Gasteiger partial charge < -0.3 is 9.47 Å². The molecule has 0 radical (unpaired) electrons. The van der Waals surface area contributed by atoms with Crippen LogP contribution in [-0.4, -0.2) is 14.6 Å². The Labute approximate surface area is 168 Å². The molecule has 0 amide bonds. The summed E-state index contributed by atoms with van der Waals surface area (Å²) in [6.45, 7) is 0. The van der Waals surface area contributed by atoms with Gasteiger partial charge in [-0.3, -0.25) is 0 Å². The third-order valence-electron chi connectivity index (χ3n) is 3.15. The average Bonchev–Trinajstić information content (AvgIpc) is 2.48. The van der Waals surface area contributed by atoms with Gasteiger partial charge in [-0.2, -0.15) is 0 Å². The fraction of sp³-hybridized carbons (Fsp3) is 0.125. The average molecular weight is 443 g/mol. The molecule has 0 saturated heterocycles. The predicted octanol–water partition coefficient (Wildman–Crippen LogP) is 6.66. The van der Waals surface area contributed by atoms with Crippen LogP contribution < -0.4 is 9.47 Å². The quantitative estimate of drug-likeness (QED) is 0.392. The van der Waals surface area contributed by atoms with Crippen LogP contribution in [0.25, 0.3) is 0 Å². The van der Waals surface area contributed by atoms with Crippen molar-refractivity contribution in [3.05, 3.63) is 59.7 Å². The Balaban J connectivity index is 2.33. The molecule has 0 saturated carbocycles. The fourth-order valence-corrected chi connectivity index (χ4v) is 3.15. The second-order valence-electron chi connectivity index (χ2n) is 4.79. The lowest BCUT2D eigenvalue weighted by molar-refractivity contribution is 0.224. The number of carbonyl (C=O) groups excluding carboxylic acids is 2. The standard InChI is InChI=1S/C16H9Cl5O4/c17-14(22)24-11-5-1-9(2-6-11)13(16(19,20)21)10-3-7-12(8-4-10)25-15(18)23/h1-8,13H. The van der Waals surface area contributed by atoms with Crippen molar-refractivity contribution in [3.63, 3.8) is 0 Å². The Morgan fingerprint density at radius 1 is 0.720 bits per heavy atom. The Kier molecular flexibility index (Phi) is 6.83. The van der Waals surface area contributed by atoms with Gasteiger partial charge in [0.15, 0.2) is 0 Å². The van der Waals surface area contributed by atoms with Crippen LogP contribution in [0.5, 0.6) is 11.5 Å². The highest BCUT2D eigenvalue weighted by atomic mass is 35.6. The first kappa shape index (κ1) is 20.1. The second kappa shape index (κ2) is 8.47. The van der Waals surface area contributed by atoms with E-state index in [-0.39, 0.29) is 11.5 Å². The fourth-order valence-electron chi connectivity index (χ4n) is 2.21. The largest absolute Gasteiger partial charge is 0.415 e. The zero-order chi connectivity index (χ0) is 18.6. The van der Waals surface area contributed by atoms with Gasteiger partial charge in [0.1, 0.15) is 11.5 Å². The number of hydrogen-bond acceptors (Lipinski definition) is 4. The Morgan fingerprint density at radius 3 is 1.28 bits per heavy atom. The summed E-state index contributed by atoms with van der Waals surface area (Å²) in [5, 5.41) is 0. The van der Waals surface area contributed by atoms with Gasteiger partial charge in [0.2, 0.25) is 3.79 Å². The van der Waals surface area contributed by atoms with Crippen LogP contribution in [0, 0.1) is 0 Å². The first-order valence-electron chi connectivity index (χ1n) is 6.68. The van der Waals surface area contributed by atoms with Crippen molar-refractivity contribution in [2.45, 2.75) is 9.71 Å². The van der Waals surface area contributed by atoms with Crippen LogP contribution in [-0.2, 0) is 0 Å². The SMILES string of the molecule is O=C(Cl)Oc1ccc(C(c2ccc(OC(=O)Cl)cc2)C(Cl)(Cl)Cl)cc1. The minimum atomic E-state index is -1.66. The molecule has 25 heavy (non-hydrogen) atoms. The highest BCUT2D eigenvalue weighted by Crippen LogP contribution is 2.46. The molecule has 0 heterocycles. The summed E-state index contributed by atoms with van der Waals surface area (Å²) >= 11 is 28.7. The number of halogens is 5. The number of rotatable bonds is 4. The molecular weight excluding hydrogens is 433 g/mol. The third kappa shape index (κ3) is 5.94. The van der Waals surface area contributed by atoms with Crippen LogP contribution in [0.4, 0.5) is 9.59 Å². The maximum Gasteiger partial charge on any atom is 0.409 e. The molecule has 2 aromatic rings. The molecule has 0 aliphatic heterocycles. The molecular formula is C16H9Cl5O4. The molecule has 0 atom stereocenters. The van der Waals surface area contributed by atoms with Crippen molar-refractivity contribution in [2.24, 2.45) is 0 Å². The zero-order valence-corrected chi connectivity index (χ0v) is 16.0. The van der Waals surface area contributed by atoms with E-state index < -0.39 is 20.6 Å². The van der Waals surface area contributed by atoms with Crippen LogP contribution in [0.15, 0.2) is 48.5 Å². The molecule has 0 bridgehead atoms. The van der Waals surface area contributed by atoms with Gasteiger partial charge in [-0.05, 0) is 35.4 Å². The molecule has 0 fully saturated rings. The van der Waals surface area contributed by atoms with Crippen molar-refractivity contribution < 1.29 is 19.1 Å². The topological polar surface area (TPSA) is 52.6 Å². The van der Waals surface area contributed by atoms with Crippen molar-refractivity contribution in [1.29, 1.82) is 0 Å². The monoisotopic (exact) mass is 440 g/mol. The summed E-state index contributed by atoms with van der Waals surface area (Å²) < 4.78 is 7.86. The lowest BCUT2D eigenvalue weighted by atomic mass is 9.92. The zero-order valence-electron chi connectivity index (χ0n) is 12.2. The van der Waals surface area contributed by atoms with E-state index in [1.54, 1.807) is 24.3 Å². The molecule has 4 nitrogen and oxygen atoms in total. The van der Waals surface area contributed by atoms with Gasteiger partial charge >= 0.3 is 10.9 Å². The Bertz CT molecular complexity index is 694. The molecule has 132 valence electrons. The number of alkyl halides is 3. The molecule has 9 heteroatoms. The van der Waals surface area contributed by atoms with Crippen LogP contribution in [0.1, 0.15) is 17.0 Å². The number of benzene rings is 2. The van der Waals surface area contributed by atoms with Gasteiger partial charge in [-0.1, -0.05) is 59.1 Å². The molecule has 2 aromatic carbocycles. The van der Waals surface area contributed by atoms with Crippen LogP contribution in [0.2, 0.25) is 0 Å². The summed E-state index contributed by atoms with van der Waals surface area (Å²) in [6.07, 6.45) is 0. The first-order chi connectivity index (χ1) is 11.7. The molecule has 0 aromatic heterocycles. The van der Waals surface area contributed by atoms with Gasteiger partial charge in [0.05, 0.1) is 5.92 Å². The highest BCUT2D eigenvalue weighted by molar-refractivity contribution is 6.68. The van der Waals surface area contributed by atoms with E-state index in [0.717, 1.165) is 0 Å². The molecule has 0 N–H and O–H groups in total. The highest BCUT2D eigenvalue weighted by Gasteiger charge is 2.35. The van der Waals surface area contributed by atoms with Crippen molar-refractivity contribution in [3.8, 4) is 11.5 Å². The summed E-state index contributed by atoms with van der Waals surface area (Å²) in [5.41, 5.74) is -0.571. The maximum atomic E-state index is 10.8. The molecule has 2 rings (SSSR count). The van der Waals surface area contributed by atoms with Crippen LogP contribution in [0.3, 0.4) is 0 Å². The van der Waals surface area contributed by atoms with Gasteiger partial charge in [-0.15, -0.1) is 0 Å². The molecule has 0 spiro atoms. The van der Waals surface area contributed by atoms with E-state index in [1.165, 1.54) is 24.3 Å². The molecule has 0 aliphatic carbocycles. The van der Waals surface area contributed by atoms with Gasteiger partial charge in [-0.25, -0.2) is 9.59 Å². The smallest absolute Gasteiger partial charge is 0.409 e. The van der Waals surface area contributed by atoms with E-state index >= 15 is 0 Å². The third-order valence-corrected chi connectivity index (χ3v) is 3.96. The van der Waals surface area contributed by atoms with Crippen molar-refractivity contribution in [2.75, 3.05) is 0 Å². The lowest BCUT2D eigenvalue weighted by Crippen LogP contribution is -2.18. The van der Waals surface area contributed by atoms with E-state index in [1.807, 2.05) is 0 Å². The van der Waals surface area contributed by atoms with E-state index in [4.69, 9.17) is 67.5 Å². The number of ether oxygens (including phenoxy) is 2. The normalized spacial score (nSPS) is 11.3. The van der Waals surface area contributed by atoms with E-state index in [9.17, 15) is 9.59 Å². The van der Waals surface area contributed by atoms with Crippen molar-refractivity contribution in [1.82, 2.24) is 0 Å². The van der Waals surface area contributed by atoms with E-state index in [0.29, 0.717) is 11.1 Å². The van der Waals surface area contributed by atoms with Gasteiger partial charge in [0, 0.05) is 23.2 Å². The molecule has 0 aliphatic rings. The molecule has 0 unspecified atom stereocenters. The summed E-state index contributed by atoms with van der Waals surface area (Å²) in [7, 11) is 0. The maximum absolute atomic E-state index is 10.8. The Hall–Kier alpha value is -1.17. The number of hydrogen-bond donors (Lipinski definition) is 0. The minimum Gasteiger partial charge on any atom is -0.415 e. The first-order valence-corrected chi connectivity index (χ1v) is 8.57. The van der Waals surface area contributed by atoms with Gasteiger partial charge in [0.25, 0.3) is 0 Å². The predicted molar refractivity (Wildman–Crippen MR) is 98.8 cm³/mol. The summed E-state index contributed by atoms with van der Waals surface area (Å²) in [6, 6.07) is 12.7. The minimum absolute atomic E-state index is 0.260. The summed E-state index contributed by atoms with van der Waals surface area (Å²) in [4.78, 5) is 21.5. The van der Waals surface area contributed by atoms with E-state index in [2.05, 4.69) is 0 Å². The van der Waals surface area contributed by atoms with Crippen LogP contribution >= 0.6 is 58.0 Å².